The van der Waals surface area contributed by atoms with Gasteiger partial charge in [-0.1, -0.05) is 0 Å². The monoisotopic (exact) mass is 311 g/mol. The number of carboxylic acids is 1. The molecule has 0 saturated carbocycles. The first-order valence-electron chi connectivity index (χ1n) is 6.17. The maximum atomic E-state index is 12.0. The van der Waals surface area contributed by atoms with Gasteiger partial charge in [-0.2, -0.15) is 11.3 Å². The first-order chi connectivity index (χ1) is 9.33. The van der Waals surface area contributed by atoms with Gasteiger partial charge in [0.25, 0.3) is 0 Å². The zero-order chi connectivity index (χ0) is 14.8. The molecule has 1 unspecified atom stereocenters. The third kappa shape index (κ3) is 3.26. The molecule has 2 aromatic rings. The Morgan fingerprint density at radius 1 is 1.35 bits per heavy atom. The Balaban J connectivity index is 2.47. The van der Waals surface area contributed by atoms with E-state index in [4.69, 9.17) is 4.74 Å². The average Bonchev–Trinajstić information content (AvgIpc) is 2.98. The molecule has 2 rings (SSSR count). The maximum Gasteiger partial charge on any atom is 0.342 e. The lowest BCUT2D eigenvalue weighted by Crippen LogP contribution is -2.46. The minimum atomic E-state index is -1.45. The van der Waals surface area contributed by atoms with Gasteiger partial charge < -0.3 is 9.84 Å². The van der Waals surface area contributed by atoms with Crippen LogP contribution in [-0.2, 0) is 21.6 Å². The molecule has 2 aromatic heterocycles. The highest BCUT2D eigenvalue weighted by Crippen LogP contribution is 2.35. The average molecular weight is 311 g/mol. The lowest BCUT2D eigenvalue weighted by Gasteiger charge is -2.35. The minimum Gasteiger partial charge on any atom is -0.479 e. The molecule has 0 aromatic carbocycles. The van der Waals surface area contributed by atoms with Crippen LogP contribution < -0.4 is 0 Å². The summed E-state index contributed by atoms with van der Waals surface area (Å²) in [5.41, 5.74) is 0.995. The second-order valence-electron chi connectivity index (χ2n) is 5.53. The van der Waals surface area contributed by atoms with Crippen LogP contribution in [0.15, 0.2) is 27.7 Å². The molecule has 20 heavy (non-hydrogen) atoms. The predicted molar refractivity (Wildman–Crippen MR) is 80.3 cm³/mol. The van der Waals surface area contributed by atoms with Crippen molar-refractivity contribution < 1.29 is 14.6 Å². The summed E-state index contributed by atoms with van der Waals surface area (Å²) >= 11 is 2.91. The third-order valence-electron chi connectivity index (χ3n) is 2.71. The Kier molecular flexibility index (Phi) is 4.27. The molecule has 0 spiro atoms. The molecular weight excluding hydrogens is 294 g/mol. The number of nitrogens with zero attached hydrogens (tertiary/aromatic N) is 1. The number of hydrogen-bond donors (Lipinski definition) is 1. The van der Waals surface area contributed by atoms with E-state index in [1.807, 2.05) is 37.6 Å². The Bertz CT molecular complexity index is 558. The quantitative estimate of drug-likeness (QED) is 0.917. The van der Waals surface area contributed by atoms with E-state index < -0.39 is 17.2 Å². The van der Waals surface area contributed by atoms with Crippen molar-refractivity contribution in [3.8, 4) is 0 Å². The van der Waals surface area contributed by atoms with Gasteiger partial charge in [0.2, 0.25) is 5.60 Å². The van der Waals surface area contributed by atoms with Crippen molar-refractivity contribution in [1.82, 2.24) is 4.98 Å². The number of carboxylic acid groups (broad SMARTS) is 1. The van der Waals surface area contributed by atoms with Crippen molar-refractivity contribution in [2.24, 2.45) is 0 Å². The van der Waals surface area contributed by atoms with Gasteiger partial charge in [-0.15, -0.1) is 11.3 Å². The maximum absolute atomic E-state index is 12.0. The summed E-state index contributed by atoms with van der Waals surface area (Å²) in [4.78, 5) is 16.2. The third-order valence-corrected chi connectivity index (χ3v) is 4.02. The normalized spacial score (nSPS) is 14.9. The summed E-state index contributed by atoms with van der Waals surface area (Å²) in [6.45, 7) is 5.56. The van der Waals surface area contributed by atoms with E-state index in [-0.39, 0.29) is 6.42 Å². The van der Waals surface area contributed by atoms with E-state index in [1.165, 1.54) is 11.3 Å². The van der Waals surface area contributed by atoms with Crippen LogP contribution in [0, 0.1) is 0 Å². The molecule has 6 heteroatoms. The topological polar surface area (TPSA) is 59.4 Å². The predicted octanol–water partition coefficient (Wildman–Crippen LogP) is 3.54. The van der Waals surface area contributed by atoms with Crippen molar-refractivity contribution in [3.63, 3.8) is 0 Å². The molecule has 4 nitrogen and oxygen atoms in total. The van der Waals surface area contributed by atoms with Crippen LogP contribution in [0.3, 0.4) is 0 Å². The van der Waals surface area contributed by atoms with Crippen LogP contribution >= 0.6 is 22.7 Å². The highest BCUT2D eigenvalue weighted by atomic mass is 32.1. The van der Waals surface area contributed by atoms with Gasteiger partial charge in [0.05, 0.1) is 16.8 Å². The Labute approximate surface area is 126 Å². The summed E-state index contributed by atoms with van der Waals surface area (Å²) < 4.78 is 5.95. The minimum absolute atomic E-state index is 0.271. The molecule has 0 fully saturated rings. The number of hydrogen-bond acceptors (Lipinski definition) is 5. The van der Waals surface area contributed by atoms with Gasteiger partial charge in [0.1, 0.15) is 0 Å². The number of thiazole rings is 1. The number of aliphatic carboxylic acids is 1. The Morgan fingerprint density at radius 3 is 2.55 bits per heavy atom. The van der Waals surface area contributed by atoms with Crippen molar-refractivity contribution in [2.75, 3.05) is 0 Å². The van der Waals surface area contributed by atoms with Gasteiger partial charge in [-0.25, -0.2) is 9.78 Å². The molecule has 0 aliphatic heterocycles. The highest BCUT2D eigenvalue weighted by Gasteiger charge is 2.46. The van der Waals surface area contributed by atoms with Crippen molar-refractivity contribution in [3.05, 3.63) is 39.0 Å². The van der Waals surface area contributed by atoms with Gasteiger partial charge >= 0.3 is 5.97 Å². The van der Waals surface area contributed by atoms with Gasteiger partial charge in [-0.05, 0) is 43.2 Å². The number of ether oxygens (including phenoxy) is 1. The fourth-order valence-corrected chi connectivity index (χ4v) is 3.31. The molecule has 0 aliphatic rings. The molecule has 1 N–H and O–H groups in total. The zero-order valence-electron chi connectivity index (χ0n) is 11.6. The lowest BCUT2D eigenvalue weighted by atomic mass is 9.91. The Hall–Kier alpha value is -1.24. The van der Waals surface area contributed by atoms with E-state index in [0.717, 1.165) is 5.56 Å². The van der Waals surface area contributed by atoms with E-state index >= 15 is 0 Å². The first kappa shape index (κ1) is 15.2. The second-order valence-corrected chi connectivity index (χ2v) is 7.03. The SMILES string of the molecule is CC(C)(C)OC(Cc1ccsc1)(C(=O)O)c1cscn1. The van der Waals surface area contributed by atoms with E-state index in [0.29, 0.717) is 5.69 Å². The van der Waals surface area contributed by atoms with Crippen LogP contribution in [0.2, 0.25) is 0 Å². The standard InChI is InChI=1S/C14H17NO3S2/c1-13(2,3)18-14(12(16)17,11-8-20-9-15-11)6-10-4-5-19-7-10/h4-5,7-9H,6H2,1-3H3,(H,16,17). The van der Waals surface area contributed by atoms with E-state index in [2.05, 4.69) is 4.98 Å². The highest BCUT2D eigenvalue weighted by molar-refractivity contribution is 7.08. The van der Waals surface area contributed by atoms with E-state index in [9.17, 15) is 9.90 Å². The summed E-state index contributed by atoms with van der Waals surface area (Å²) in [6, 6.07) is 1.92. The lowest BCUT2D eigenvalue weighted by molar-refractivity contribution is -0.188. The summed E-state index contributed by atoms with van der Waals surface area (Å²) in [5, 5.41) is 15.4. The molecule has 108 valence electrons. The Morgan fingerprint density at radius 2 is 2.10 bits per heavy atom. The molecule has 0 aliphatic carbocycles. The van der Waals surface area contributed by atoms with Gasteiger partial charge in [0.15, 0.2) is 0 Å². The van der Waals surface area contributed by atoms with Crippen LogP contribution in [0.4, 0.5) is 0 Å². The molecule has 0 radical (unpaired) electrons. The second kappa shape index (κ2) is 5.63. The van der Waals surface area contributed by atoms with Crippen LogP contribution in [-0.4, -0.2) is 21.7 Å². The zero-order valence-corrected chi connectivity index (χ0v) is 13.3. The summed E-state index contributed by atoms with van der Waals surface area (Å²) in [6.07, 6.45) is 0.271. The smallest absolute Gasteiger partial charge is 0.342 e. The van der Waals surface area contributed by atoms with Gasteiger partial charge in [0, 0.05) is 11.8 Å². The van der Waals surface area contributed by atoms with E-state index in [1.54, 1.807) is 22.2 Å². The largest absolute Gasteiger partial charge is 0.479 e. The number of rotatable bonds is 5. The number of carbonyl (C=O) groups is 1. The molecule has 0 saturated heterocycles. The summed E-state index contributed by atoms with van der Waals surface area (Å²) in [7, 11) is 0. The fourth-order valence-electron chi connectivity index (χ4n) is 2.02. The van der Waals surface area contributed by atoms with Gasteiger partial charge in [-0.3, -0.25) is 0 Å². The van der Waals surface area contributed by atoms with Crippen LogP contribution in [0.5, 0.6) is 0 Å². The van der Waals surface area contributed by atoms with Crippen LogP contribution in [0.1, 0.15) is 32.0 Å². The molecule has 1 atom stereocenters. The van der Waals surface area contributed by atoms with Crippen molar-refractivity contribution in [1.29, 1.82) is 0 Å². The number of aromatic nitrogens is 1. The molecule has 2 heterocycles. The summed E-state index contributed by atoms with van der Waals surface area (Å²) in [5.74, 6) is -1.01. The molecular formula is C14H17NO3S2. The van der Waals surface area contributed by atoms with Crippen molar-refractivity contribution in [2.45, 2.75) is 38.4 Å². The first-order valence-corrected chi connectivity index (χ1v) is 8.05. The molecule has 0 bridgehead atoms. The number of thiophene rings is 1. The molecule has 0 amide bonds. The van der Waals surface area contributed by atoms with Crippen molar-refractivity contribution >= 4 is 28.6 Å². The van der Waals surface area contributed by atoms with Crippen LogP contribution in [0.25, 0.3) is 0 Å². The fraction of sp³-hybridized carbons (Fsp3) is 0.429.